The van der Waals surface area contributed by atoms with E-state index < -0.39 is 0 Å². The van der Waals surface area contributed by atoms with Crippen LogP contribution in [0, 0.1) is 0 Å². The van der Waals surface area contributed by atoms with Gasteiger partial charge in [0.05, 0.1) is 7.11 Å². The number of halogens is 1. The second-order valence-electron chi connectivity index (χ2n) is 4.77. The maximum Gasteiger partial charge on any atom is 0.354 e. The highest BCUT2D eigenvalue weighted by Gasteiger charge is 2.12. The van der Waals surface area contributed by atoms with Crippen molar-refractivity contribution in [1.29, 1.82) is 0 Å². The van der Waals surface area contributed by atoms with E-state index in [1.165, 1.54) is 17.9 Å². The van der Waals surface area contributed by atoms with Crippen LogP contribution in [0.25, 0.3) is 10.8 Å². The molecule has 3 aromatic rings. The summed E-state index contributed by atoms with van der Waals surface area (Å²) in [6.07, 6.45) is 1.89. The van der Waals surface area contributed by atoms with Gasteiger partial charge in [0.1, 0.15) is 5.69 Å². The zero-order valence-corrected chi connectivity index (χ0v) is 13.1. The number of nitrogens with zero attached hydrogens (tertiary/aromatic N) is 1. The summed E-state index contributed by atoms with van der Waals surface area (Å²) in [6, 6.07) is 16.0. The van der Waals surface area contributed by atoms with Crippen LogP contribution in [-0.2, 0) is 11.3 Å². The molecule has 0 N–H and O–H groups in total. The SMILES string of the molecule is COC(=O)c1cccn1Cc1ccc(Br)c2ccccc12. The third kappa shape index (κ3) is 2.59. The highest BCUT2D eigenvalue weighted by molar-refractivity contribution is 9.10. The molecule has 0 aliphatic rings. The van der Waals surface area contributed by atoms with Gasteiger partial charge < -0.3 is 9.30 Å². The molecule has 21 heavy (non-hydrogen) atoms. The molecule has 3 nitrogen and oxygen atoms in total. The Balaban J connectivity index is 2.05. The summed E-state index contributed by atoms with van der Waals surface area (Å²) in [4.78, 5) is 11.8. The Hall–Kier alpha value is -2.07. The van der Waals surface area contributed by atoms with Crippen LogP contribution in [0.15, 0.2) is 59.2 Å². The fourth-order valence-corrected chi connectivity index (χ4v) is 2.97. The zero-order chi connectivity index (χ0) is 14.8. The van der Waals surface area contributed by atoms with Crippen molar-refractivity contribution in [2.45, 2.75) is 6.54 Å². The van der Waals surface area contributed by atoms with Gasteiger partial charge in [0.25, 0.3) is 0 Å². The van der Waals surface area contributed by atoms with Gasteiger partial charge in [-0.25, -0.2) is 4.79 Å². The number of hydrogen-bond donors (Lipinski definition) is 0. The number of aromatic nitrogens is 1. The summed E-state index contributed by atoms with van der Waals surface area (Å²) < 4.78 is 7.79. The normalized spacial score (nSPS) is 10.8. The highest BCUT2D eigenvalue weighted by Crippen LogP contribution is 2.27. The Morgan fingerprint density at radius 2 is 1.86 bits per heavy atom. The van der Waals surface area contributed by atoms with Gasteiger partial charge in [0.15, 0.2) is 0 Å². The average Bonchev–Trinajstić information content (AvgIpc) is 2.98. The van der Waals surface area contributed by atoms with Crippen molar-refractivity contribution in [3.63, 3.8) is 0 Å². The van der Waals surface area contributed by atoms with Crippen LogP contribution in [0.5, 0.6) is 0 Å². The second-order valence-corrected chi connectivity index (χ2v) is 5.62. The molecule has 2 aromatic carbocycles. The van der Waals surface area contributed by atoms with Crippen LogP contribution in [0.4, 0.5) is 0 Å². The number of benzene rings is 2. The number of rotatable bonds is 3. The van der Waals surface area contributed by atoms with E-state index in [1.54, 1.807) is 6.07 Å². The Morgan fingerprint density at radius 1 is 1.10 bits per heavy atom. The fourth-order valence-electron chi connectivity index (χ4n) is 2.49. The number of esters is 1. The van der Waals surface area contributed by atoms with Crippen LogP contribution in [0.3, 0.4) is 0 Å². The molecule has 3 rings (SSSR count). The predicted octanol–water partition coefficient (Wildman–Crippen LogP) is 4.24. The maximum atomic E-state index is 11.8. The monoisotopic (exact) mass is 343 g/mol. The molecule has 0 atom stereocenters. The summed E-state index contributed by atoms with van der Waals surface area (Å²) in [7, 11) is 1.40. The summed E-state index contributed by atoms with van der Waals surface area (Å²) in [5.41, 5.74) is 1.72. The molecule has 0 radical (unpaired) electrons. The number of carbonyl (C=O) groups is 1. The highest BCUT2D eigenvalue weighted by atomic mass is 79.9. The molecule has 0 spiro atoms. The Morgan fingerprint density at radius 3 is 2.62 bits per heavy atom. The van der Waals surface area contributed by atoms with Gasteiger partial charge in [0, 0.05) is 17.2 Å². The molecule has 0 aliphatic heterocycles. The van der Waals surface area contributed by atoms with E-state index in [4.69, 9.17) is 4.74 Å². The molecule has 0 aliphatic carbocycles. The second kappa shape index (κ2) is 5.74. The van der Waals surface area contributed by atoms with Crippen molar-refractivity contribution < 1.29 is 9.53 Å². The van der Waals surface area contributed by atoms with E-state index in [9.17, 15) is 4.79 Å². The van der Waals surface area contributed by atoms with Crippen molar-refractivity contribution >= 4 is 32.7 Å². The molecule has 4 heteroatoms. The molecule has 1 aromatic heterocycles. The summed E-state index contributed by atoms with van der Waals surface area (Å²) in [6.45, 7) is 0.630. The quantitative estimate of drug-likeness (QED) is 0.666. The molecule has 106 valence electrons. The van der Waals surface area contributed by atoms with Gasteiger partial charge >= 0.3 is 5.97 Å². The number of hydrogen-bond acceptors (Lipinski definition) is 2. The average molecular weight is 344 g/mol. The number of fused-ring (bicyclic) bond motifs is 1. The van der Waals surface area contributed by atoms with Crippen LogP contribution >= 0.6 is 15.9 Å². The van der Waals surface area contributed by atoms with E-state index in [1.807, 2.05) is 35.0 Å². The molecule has 0 saturated carbocycles. The van der Waals surface area contributed by atoms with Crippen molar-refractivity contribution in [3.8, 4) is 0 Å². The van der Waals surface area contributed by atoms with Crippen LogP contribution in [-0.4, -0.2) is 17.6 Å². The number of ether oxygens (including phenoxy) is 1. The summed E-state index contributed by atoms with van der Waals surface area (Å²) in [5, 5.41) is 2.35. The van der Waals surface area contributed by atoms with Gasteiger partial charge in [-0.3, -0.25) is 0 Å². The van der Waals surface area contributed by atoms with Gasteiger partial charge in [-0.2, -0.15) is 0 Å². The molecular formula is C17H14BrNO2. The lowest BCUT2D eigenvalue weighted by molar-refractivity contribution is 0.0589. The molecular weight excluding hydrogens is 330 g/mol. The maximum absolute atomic E-state index is 11.8. The summed E-state index contributed by atoms with van der Waals surface area (Å²) in [5.74, 6) is -0.318. The minimum atomic E-state index is -0.318. The third-order valence-corrected chi connectivity index (χ3v) is 4.22. The first-order chi connectivity index (χ1) is 10.2. The van der Waals surface area contributed by atoms with E-state index in [2.05, 4.69) is 34.1 Å². The predicted molar refractivity (Wildman–Crippen MR) is 86.5 cm³/mol. The van der Waals surface area contributed by atoms with E-state index >= 15 is 0 Å². The first-order valence-electron chi connectivity index (χ1n) is 6.60. The van der Waals surface area contributed by atoms with E-state index in [-0.39, 0.29) is 5.97 Å². The van der Waals surface area contributed by atoms with Gasteiger partial charge in [-0.05, 0) is 34.5 Å². The lowest BCUT2D eigenvalue weighted by Gasteiger charge is -2.11. The lowest BCUT2D eigenvalue weighted by atomic mass is 10.0. The largest absolute Gasteiger partial charge is 0.464 e. The van der Waals surface area contributed by atoms with Crippen LogP contribution in [0.2, 0.25) is 0 Å². The lowest BCUT2D eigenvalue weighted by Crippen LogP contribution is -2.10. The van der Waals surface area contributed by atoms with E-state index in [0.29, 0.717) is 12.2 Å². The Kier molecular flexibility index (Phi) is 3.80. The Labute approximate surface area is 131 Å². The van der Waals surface area contributed by atoms with E-state index in [0.717, 1.165) is 10.0 Å². The number of methoxy groups -OCH3 is 1. The standard InChI is InChI=1S/C17H14BrNO2/c1-21-17(20)16-7-4-10-19(16)11-12-8-9-15(18)14-6-3-2-5-13(12)14/h2-10H,11H2,1H3. The molecule has 0 amide bonds. The minimum Gasteiger partial charge on any atom is -0.464 e. The fraction of sp³-hybridized carbons (Fsp3) is 0.118. The molecule has 0 unspecified atom stereocenters. The minimum absolute atomic E-state index is 0.318. The zero-order valence-electron chi connectivity index (χ0n) is 11.5. The third-order valence-electron chi connectivity index (χ3n) is 3.53. The van der Waals surface area contributed by atoms with Gasteiger partial charge in [0.2, 0.25) is 0 Å². The molecule has 0 bridgehead atoms. The van der Waals surface area contributed by atoms with Crippen LogP contribution in [0.1, 0.15) is 16.1 Å². The molecule has 1 heterocycles. The van der Waals surface area contributed by atoms with Crippen molar-refractivity contribution in [1.82, 2.24) is 4.57 Å². The smallest absolute Gasteiger partial charge is 0.354 e. The molecule has 0 saturated heterocycles. The van der Waals surface area contributed by atoms with Crippen molar-refractivity contribution in [2.24, 2.45) is 0 Å². The van der Waals surface area contributed by atoms with Crippen LogP contribution < -0.4 is 0 Å². The van der Waals surface area contributed by atoms with Crippen molar-refractivity contribution in [2.75, 3.05) is 7.11 Å². The first-order valence-corrected chi connectivity index (χ1v) is 7.39. The topological polar surface area (TPSA) is 31.2 Å². The van der Waals surface area contributed by atoms with Crippen molar-refractivity contribution in [3.05, 3.63) is 70.5 Å². The van der Waals surface area contributed by atoms with Gasteiger partial charge in [-0.1, -0.05) is 46.3 Å². The molecule has 0 fully saturated rings. The summed E-state index contributed by atoms with van der Waals surface area (Å²) >= 11 is 3.58. The number of carbonyl (C=O) groups excluding carboxylic acids is 1. The Bertz CT molecular complexity index is 807. The first kappa shape index (κ1) is 13.9. The van der Waals surface area contributed by atoms with Gasteiger partial charge in [-0.15, -0.1) is 0 Å².